The summed E-state index contributed by atoms with van der Waals surface area (Å²) in [5.74, 6) is 0.181. The summed E-state index contributed by atoms with van der Waals surface area (Å²) in [6, 6.07) is 7.83. The maximum atomic E-state index is 11.9. The Morgan fingerprint density at radius 1 is 1.26 bits per heavy atom. The summed E-state index contributed by atoms with van der Waals surface area (Å²) < 4.78 is 0.920. The largest absolute Gasteiger partial charge is 0.370 e. The molecular weight excluding hydrogens is 471 g/mol. The van der Waals surface area contributed by atoms with E-state index in [-0.39, 0.29) is 36.4 Å². The zero-order valence-corrected chi connectivity index (χ0v) is 17.0. The molecule has 5 nitrogen and oxygen atoms in total. The van der Waals surface area contributed by atoms with Gasteiger partial charge in [-0.05, 0) is 31.0 Å². The van der Waals surface area contributed by atoms with E-state index < -0.39 is 0 Å². The van der Waals surface area contributed by atoms with Crippen LogP contribution in [0.5, 0.6) is 0 Å². The Kier molecular flexibility index (Phi) is 9.54. The third kappa shape index (κ3) is 8.01. The average Bonchev–Trinajstić information content (AvgIpc) is 2.74. The molecule has 128 valence electrons. The Bertz CT molecular complexity index is 531. The summed E-state index contributed by atoms with van der Waals surface area (Å²) in [4.78, 5) is 16.0. The number of anilines is 1. The third-order valence-electron chi connectivity index (χ3n) is 3.71. The number of carbonyl (C=O) groups excluding carboxylic acids is 1. The lowest BCUT2D eigenvalue weighted by Crippen LogP contribution is -2.40. The van der Waals surface area contributed by atoms with Gasteiger partial charge < -0.3 is 16.4 Å². The lowest BCUT2D eigenvalue weighted by molar-refractivity contribution is -0.114. The highest BCUT2D eigenvalue weighted by Gasteiger charge is 2.12. The molecular formula is C16H24BrIN4O. The molecule has 1 aromatic rings. The van der Waals surface area contributed by atoms with Crippen LogP contribution < -0.4 is 16.4 Å². The van der Waals surface area contributed by atoms with Crippen molar-refractivity contribution in [1.82, 2.24) is 5.32 Å². The summed E-state index contributed by atoms with van der Waals surface area (Å²) in [5, 5.41) is 6.02. The highest BCUT2D eigenvalue weighted by molar-refractivity contribution is 14.0. The van der Waals surface area contributed by atoms with E-state index in [2.05, 4.69) is 31.6 Å². The number of nitrogens with two attached hydrogens (primary N) is 1. The van der Waals surface area contributed by atoms with Crippen molar-refractivity contribution in [2.45, 2.75) is 44.6 Å². The number of guanidine groups is 1. The fourth-order valence-corrected chi connectivity index (χ4v) is 3.00. The van der Waals surface area contributed by atoms with Crippen molar-refractivity contribution in [3.63, 3.8) is 0 Å². The van der Waals surface area contributed by atoms with Crippen molar-refractivity contribution < 1.29 is 4.79 Å². The zero-order valence-electron chi connectivity index (χ0n) is 13.1. The van der Waals surface area contributed by atoms with E-state index in [0.29, 0.717) is 12.0 Å². The summed E-state index contributed by atoms with van der Waals surface area (Å²) >= 11 is 3.37. The normalized spacial score (nSPS) is 16.1. The van der Waals surface area contributed by atoms with Crippen LogP contribution in [0, 0.1) is 0 Å². The van der Waals surface area contributed by atoms with Crippen molar-refractivity contribution in [3.8, 4) is 0 Å². The van der Waals surface area contributed by atoms with Crippen LogP contribution in [-0.4, -0.2) is 24.5 Å². The van der Waals surface area contributed by atoms with Gasteiger partial charge in [0.1, 0.15) is 6.54 Å². The molecule has 0 unspecified atom stereocenters. The first-order chi connectivity index (χ1) is 10.6. The molecule has 0 saturated heterocycles. The maximum Gasteiger partial charge on any atom is 0.246 e. The Labute approximate surface area is 163 Å². The van der Waals surface area contributed by atoms with Gasteiger partial charge in [0.05, 0.1) is 0 Å². The Morgan fingerprint density at radius 3 is 2.61 bits per heavy atom. The Morgan fingerprint density at radius 2 is 1.96 bits per heavy atom. The van der Waals surface area contributed by atoms with Gasteiger partial charge in [0.25, 0.3) is 0 Å². The molecule has 2 rings (SSSR count). The van der Waals surface area contributed by atoms with Gasteiger partial charge in [-0.2, -0.15) is 0 Å². The third-order valence-corrected chi connectivity index (χ3v) is 4.20. The average molecular weight is 495 g/mol. The smallest absolute Gasteiger partial charge is 0.246 e. The summed E-state index contributed by atoms with van der Waals surface area (Å²) in [5.41, 5.74) is 6.61. The molecule has 0 radical (unpaired) electrons. The van der Waals surface area contributed by atoms with Gasteiger partial charge in [-0.3, -0.25) is 4.79 Å². The first-order valence-electron chi connectivity index (χ1n) is 7.75. The minimum atomic E-state index is -0.177. The second kappa shape index (κ2) is 10.9. The number of benzene rings is 1. The fraction of sp³-hybridized carbons (Fsp3) is 0.500. The number of amides is 1. The number of hydrogen-bond acceptors (Lipinski definition) is 2. The van der Waals surface area contributed by atoms with Crippen molar-refractivity contribution in [2.24, 2.45) is 10.7 Å². The molecule has 4 N–H and O–H groups in total. The predicted octanol–water partition coefficient (Wildman–Crippen LogP) is 3.63. The minimum Gasteiger partial charge on any atom is -0.370 e. The molecule has 23 heavy (non-hydrogen) atoms. The van der Waals surface area contributed by atoms with E-state index in [9.17, 15) is 4.79 Å². The molecule has 0 spiro atoms. The SMILES string of the molecule is I.NC(=NCC(=O)Nc1cccc(Br)c1)NC1CCCCCC1. The Balaban J connectivity index is 0.00000264. The van der Waals surface area contributed by atoms with E-state index in [1.807, 2.05) is 24.3 Å². The van der Waals surface area contributed by atoms with Crippen LogP contribution in [0.2, 0.25) is 0 Å². The van der Waals surface area contributed by atoms with Crippen LogP contribution >= 0.6 is 39.9 Å². The van der Waals surface area contributed by atoms with E-state index >= 15 is 0 Å². The minimum absolute atomic E-state index is 0. The van der Waals surface area contributed by atoms with Crippen molar-refractivity contribution >= 4 is 57.5 Å². The fourth-order valence-electron chi connectivity index (χ4n) is 2.60. The maximum absolute atomic E-state index is 11.9. The number of aliphatic imine (C=N–C) groups is 1. The summed E-state index contributed by atoms with van der Waals surface area (Å²) in [6.07, 6.45) is 7.30. The molecule has 1 aliphatic rings. The molecule has 1 aromatic carbocycles. The second-order valence-corrected chi connectivity index (χ2v) is 6.51. The number of hydrogen-bond donors (Lipinski definition) is 3. The number of carbonyl (C=O) groups is 1. The first kappa shape index (κ1) is 20.2. The van der Waals surface area contributed by atoms with Crippen LogP contribution in [0.3, 0.4) is 0 Å². The topological polar surface area (TPSA) is 79.5 Å². The Hall–Kier alpha value is -0.830. The van der Waals surface area contributed by atoms with Crippen LogP contribution in [0.25, 0.3) is 0 Å². The molecule has 1 saturated carbocycles. The number of halogens is 2. The van der Waals surface area contributed by atoms with Gasteiger partial charge in [-0.1, -0.05) is 47.7 Å². The van der Waals surface area contributed by atoms with E-state index in [1.54, 1.807) is 0 Å². The number of nitrogens with one attached hydrogen (secondary N) is 2. The molecule has 1 amide bonds. The lowest BCUT2D eigenvalue weighted by atomic mass is 10.1. The van der Waals surface area contributed by atoms with Gasteiger partial charge in [0, 0.05) is 16.2 Å². The summed E-state index contributed by atoms with van der Waals surface area (Å²) in [7, 11) is 0. The van der Waals surface area contributed by atoms with Crippen LogP contribution in [0.1, 0.15) is 38.5 Å². The second-order valence-electron chi connectivity index (χ2n) is 5.59. The summed E-state index contributed by atoms with van der Waals surface area (Å²) in [6.45, 7) is 0.0259. The van der Waals surface area contributed by atoms with Gasteiger partial charge in [0.2, 0.25) is 5.91 Å². The molecule has 0 aromatic heterocycles. The van der Waals surface area contributed by atoms with Gasteiger partial charge in [-0.15, -0.1) is 24.0 Å². The van der Waals surface area contributed by atoms with Crippen LogP contribution in [-0.2, 0) is 4.79 Å². The van der Waals surface area contributed by atoms with Gasteiger partial charge in [0.15, 0.2) is 5.96 Å². The molecule has 0 bridgehead atoms. The molecule has 0 atom stereocenters. The molecule has 0 aliphatic heterocycles. The van der Waals surface area contributed by atoms with E-state index in [0.717, 1.165) is 23.0 Å². The first-order valence-corrected chi connectivity index (χ1v) is 8.54. The number of rotatable bonds is 4. The molecule has 0 heterocycles. The van der Waals surface area contributed by atoms with Crippen molar-refractivity contribution in [1.29, 1.82) is 0 Å². The monoisotopic (exact) mass is 494 g/mol. The highest BCUT2D eigenvalue weighted by Crippen LogP contribution is 2.17. The van der Waals surface area contributed by atoms with Crippen LogP contribution in [0.15, 0.2) is 33.7 Å². The molecule has 1 fully saturated rings. The quantitative estimate of drug-likeness (QED) is 0.259. The standard InChI is InChI=1S/C16H23BrN4O.HI/c17-12-6-5-9-14(10-12)20-15(22)11-19-16(18)21-13-7-3-1-2-4-8-13;/h5-6,9-10,13H,1-4,7-8,11H2,(H,20,22)(H3,18,19,21);1H. The predicted molar refractivity (Wildman–Crippen MR) is 109 cm³/mol. The highest BCUT2D eigenvalue weighted by atomic mass is 127. The van der Waals surface area contributed by atoms with Crippen molar-refractivity contribution in [2.75, 3.05) is 11.9 Å². The van der Waals surface area contributed by atoms with E-state index in [1.165, 1.54) is 25.7 Å². The molecule has 1 aliphatic carbocycles. The van der Waals surface area contributed by atoms with Gasteiger partial charge in [-0.25, -0.2) is 4.99 Å². The van der Waals surface area contributed by atoms with E-state index in [4.69, 9.17) is 5.73 Å². The van der Waals surface area contributed by atoms with Gasteiger partial charge >= 0.3 is 0 Å². The zero-order chi connectivity index (χ0) is 15.8. The van der Waals surface area contributed by atoms with Crippen LogP contribution in [0.4, 0.5) is 5.69 Å². The number of nitrogens with zero attached hydrogens (tertiary/aromatic N) is 1. The lowest BCUT2D eigenvalue weighted by Gasteiger charge is -2.16. The van der Waals surface area contributed by atoms with Crippen molar-refractivity contribution in [3.05, 3.63) is 28.7 Å². The molecule has 7 heteroatoms.